The Kier molecular flexibility index (Phi) is 4.28. The summed E-state index contributed by atoms with van der Waals surface area (Å²) in [5, 5.41) is 1.20. The molecule has 0 spiro atoms. The maximum absolute atomic E-state index is 13.1. The number of amides is 1. The number of carbonyl (C=O) groups excluding carboxylic acids is 1. The minimum absolute atomic E-state index is 0.0848. The van der Waals surface area contributed by atoms with Crippen LogP contribution in [0.2, 0.25) is 0 Å². The van der Waals surface area contributed by atoms with E-state index in [-0.39, 0.29) is 11.7 Å². The van der Waals surface area contributed by atoms with E-state index in [0.717, 1.165) is 11.1 Å². The second-order valence-electron chi connectivity index (χ2n) is 6.11. The fraction of sp³-hybridized carbons (Fsp3) is 0.211. The van der Waals surface area contributed by atoms with E-state index < -0.39 is 15.9 Å². The number of sulfone groups is 1. The Hall–Kier alpha value is -2.40. The van der Waals surface area contributed by atoms with Crippen LogP contribution in [0.4, 0.5) is 5.69 Å². The van der Waals surface area contributed by atoms with Crippen molar-refractivity contribution in [1.82, 2.24) is 0 Å². The summed E-state index contributed by atoms with van der Waals surface area (Å²) in [6.45, 7) is 3.87. The molecule has 0 aliphatic carbocycles. The number of nitrogens with zero attached hydrogens (tertiary/aromatic N) is 1. The van der Waals surface area contributed by atoms with Crippen LogP contribution in [-0.2, 0) is 9.84 Å². The lowest BCUT2D eigenvalue weighted by Crippen LogP contribution is -2.41. The van der Waals surface area contributed by atoms with Crippen LogP contribution in [-0.4, -0.2) is 26.1 Å². The van der Waals surface area contributed by atoms with Gasteiger partial charge in [0.1, 0.15) is 0 Å². The Morgan fingerprint density at radius 2 is 1.71 bits per heavy atom. The van der Waals surface area contributed by atoms with Gasteiger partial charge >= 0.3 is 0 Å². The normalized spacial score (nSPS) is 18.5. The summed E-state index contributed by atoms with van der Waals surface area (Å²) in [6.07, 6.45) is 1.59. The maximum Gasteiger partial charge on any atom is 0.258 e. The molecule has 4 nitrogen and oxygen atoms in total. The molecule has 0 N–H and O–H groups in total. The second kappa shape index (κ2) is 6.24. The first-order chi connectivity index (χ1) is 11.4. The molecule has 0 bridgehead atoms. The summed E-state index contributed by atoms with van der Waals surface area (Å²) in [6, 6.07) is 14.4. The minimum atomic E-state index is -3.26. The summed E-state index contributed by atoms with van der Waals surface area (Å²) in [5.74, 6) is -0.283. The number of anilines is 1. The lowest BCUT2D eigenvalue weighted by molar-refractivity contribution is 0.0983. The van der Waals surface area contributed by atoms with E-state index in [9.17, 15) is 13.2 Å². The largest absolute Gasteiger partial charge is 0.300 e. The molecule has 1 heterocycles. The first-order valence-corrected chi connectivity index (χ1v) is 9.45. The van der Waals surface area contributed by atoms with Gasteiger partial charge in [-0.25, -0.2) is 8.42 Å². The number of rotatable bonds is 3. The van der Waals surface area contributed by atoms with Crippen LogP contribution in [0.3, 0.4) is 0 Å². The molecular formula is C19H19NO3S. The molecule has 1 amide bonds. The van der Waals surface area contributed by atoms with Crippen molar-refractivity contribution in [1.29, 1.82) is 0 Å². The lowest BCUT2D eigenvalue weighted by Gasteiger charge is -2.28. The third kappa shape index (κ3) is 3.41. The summed E-state index contributed by atoms with van der Waals surface area (Å²) in [5.41, 5.74) is 3.25. The van der Waals surface area contributed by atoms with E-state index in [1.165, 1.54) is 5.41 Å². The predicted molar refractivity (Wildman–Crippen MR) is 95.9 cm³/mol. The Balaban J connectivity index is 2.05. The van der Waals surface area contributed by atoms with Gasteiger partial charge in [0.25, 0.3) is 5.91 Å². The van der Waals surface area contributed by atoms with Crippen molar-refractivity contribution in [3.05, 3.63) is 76.7 Å². The van der Waals surface area contributed by atoms with Crippen LogP contribution in [0.1, 0.15) is 21.5 Å². The average molecular weight is 341 g/mol. The highest BCUT2D eigenvalue weighted by Crippen LogP contribution is 2.26. The molecule has 0 saturated heterocycles. The molecule has 0 saturated carbocycles. The van der Waals surface area contributed by atoms with Gasteiger partial charge in [-0.2, -0.15) is 0 Å². The van der Waals surface area contributed by atoms with Crippen molar-refractivity contribution in [3.63, 3.8) is 0 Å². The van der Waals surface area contributed by atoms with Crippen molar-refractivity contribution >= 4 is 21.4 Å². The lowest BCUT2D eigenvalue weighted by atomic mass is 10.1. The first-order valence-electron chi connectivity index (χ1n) is 7.73. The zero-order chi connectivity index (χ0) is 17.3. The van der Waals surface area contributed by atoms with Gasteiger partial charge in [0.2, 0.25) is 0 Å². The van der Waals surface area contributed by atoms with Gasteiger partial charge in [0.05, 0.1) is 11.8 Å². The SMILES string of the molecule is Cc1cccc(C(=O)N(c2cccc(C)c2)C2C=CS(=O)(=O)C2)c1. The summed E-state index contributed by atoms with van der Waals surface area (Å²) in [4.78, 5) is 14.7. The number of aryl methyl sites for hydroxylation is 2. The molecular weight excluding hydrogens is 322 g/mol. The molecule has 5 heteroatoms. The summed E-state index contributed by atoms with van der Waals surface area (Å²) >= 11 is 0. The van der Waals surface area contributed by atoms with E-state index in [0.29, 0.717) is 11.3 Å². The monoisotopic (exact) mass is 341 g/mol. The number of hydrogen-bond acceptors (Lipinski definition) is 3. The van der Waals surface area contributed by atoms with Gasteiger partial charge < -0.3 is 4.90 Å². The van der Waals surface area contributed by atoms with Crippen LogP contribution < -0.4 is 4.90 Å². The standard InChI is InChI=1S/C19H19NO3S/c1-14-5-3-7-16(11-14)19(21)20(17-8-4-6-15(2)12-17)18-9-10-24(22,23)13-18/h3-12,18H,13H2,1-2H3. The van der Waals surface area contributed by atoms with Crippen LogP contribution in [0, 0.1) is 13.8 Å². The van der Waals surface area contributed by atoms with Gasteiger partial charge in [0.15, 0.2) is 9.84 Å². The van der Waals surface area contributed by atoms with Crippen LogP contribution in [0.5, 0.6) is 0 Å². The zero-order valence-electron chi connectivity index (χ0n) is 13.6. The van der Waals surface area contributed by atoms with Gasteiger partial charge in [-0.3, -0.25) is 4.79 Å². The molecule has 0 fully saturated rings. The highest BCUT2D eigenvalue weighted by Gasteiger charge is 2.32. The number of carbonyl (C=O) groups is 1. The topological polar surface area (TPSA) is 54.5 Å². The molecule has 3 rings (SSSR count). The molecule has 1 unspecified atom stereocenters. The fourth-order valence-electron chi connectivity index (χ4n) is 2.87. The van der Waals surface area contributed by atoms with Crippen LogP contribution >= 0.6 is 0 Å². The quantitative estimate of drug-likeness (QED) is 0.861. The Bertz CT molecular complexity index is 916. The molecule has 0 radical (unpaired) electrons. The predicted octanol–water partition coefficient (Wildman–Crippen LogP) is 3.26. The average Bonchev–Trinajstić information content (AvgIpc) is 2.87. The minimum Gasteiger partial charge on any atom is -0.300 e. The Morgan fingerprint density at radius 3 is 2.29 bits per heavy atom. The summed E-state index contributed by atoms with van der Waals surface area (Å²) < 4.78 is 23.7. The maximum atomic E-state index is 13.1. The fourth-order valence-corrected chi connectivity index (χ4v) is 4.14. The Morgan fingerprint density at radius 1 is 1.04 bits per heavy atom. The smallest absolute Gasteiger partial charge is 0.258 e. The van der Waals surface area contributed by atoms with Gasteiger partial charge in [-0.1, -0.05) is 29.8 Å². The molecule has 1 aliphatic rings. The number of hydrogen-bond donors (Lipinski definition) is 0. The van der Waals surface area contributed by atoms with Crippen molar-refractivity contribution < 1.29 is 13.2 Å². The number of benzene rings is 2. The third-order valence-electron chi connectivity index (χ3n) is 4.01. The van der Waals surface area contributed by atoms with E-state index >= 15 is 0 Å². The molecule has 1 atom stereocenters. The molecule has 2 aromatic carbocycles. The highest BCUT2D eigenvalue weighted by atomic mass is 32.2. The molecule has 24 heavy (non-hydrogen) atoms. The van der Waals surface area contributed by atoms with Crippen LogP contribution in [0.15, 0.2) is 60.0 Å². The molecule has 1 aliphatic heterocycles. The highest BCUT2D eigenvalue weighted by molar-refractivity contribution is 7.94. The Labute approximate surface area is 142 Å². The van der Waals surface area contributed by atoms with E-state index in [2.05, 4.69) is 0 Å². The van der Waals surface area contributed by atoms with E-state index in [1.807, 2.05) is 56.3 Å². The van der Waals surface area contributed by atoms with Crippen molar-refractivity contribution in [2.45, 2.75) is 19.9 Å². The molecule has 0 aromatic heterocycles. The van der Waals surface area contributed by atoms with Crippen molar-refractivity contribution in [2.75, 3.05) is 10.7 Å². The van der Waals surface area contributed by atoms with Gasteiger partial charge in [-0.05, 0) is 49.8 Å². The third-order valence-corrected chi connectivity index (χ3v) is 5.38. The van der Waals surface area contributed by atoms with E-state index in [4.69, 9.17) is 0 Å². The first kappa shape index (κ1) is 16.5. The molecule has 2 aromatic rings. The van der Waals surface area contributed by atoms with Gasteiger partial charge in [-0.15, -0.1) is 0 Å². The summed E-state index contributed by atoms with van der Waals surface area (Å²) in [7, 11) is -3.26. The van der Waals surface area contributed by atoms with Crippen LogP contribution in [0.25, 0.3) is 0 Å². The van der Waals surface area contributed by atoms with Crippen molar-refractivity contribution in [3.8, 4) is 0 Å². The zero-order valence-corrected chi connectivity index (χ0v) is 14.5. The van der Waals surface area contributed by atoms with Gasteiger partial charge in [0, 0.05) is 16.7 Å². The van der Waals surface area contributed by atoms with E-state index in [1.54, 1.807) is 17.0 Å². The van der Waals surface area contributed by atoms with Crippen molar-refractivity contribution in [2.24, 2.45) is 0 Å². The molecule has 124 valence electrons. The second-order valence-corrected chi connectivity index (χ2v) is 8.04.